The maximum Gasteiger partial charge on any atom is 0.488 e. The molecule has 14 nitrogen and oxygen atoms in total. The Balaban J connectivity index is 0.000000200. The first-order valence-corrected chi connectivity index (χ1v) is 28.4. The van der Waals surface area contributed by atoms with Crippen molar-refractivity contribution in [2.24, 2.45) is 0 Å². The van der Waals surface area contributed by atoms with Gasteiger partial charge in [0.05, 0.1) is 75.6 Å². The monoisotopic (exact) mass is 1220 g/mol. The van der Waals surface area contributed by atoms with Crippen molar-refractivity contribution in [2.75, 3.05) is 25.7 Å². The molecule has 384 valence electrons. The number of hydrogen-bond donors (Lipinski definition) is 2. The second kappa shape index (κ2) is 25.1. The Morgan fingerprint density at radius 3 is 1.38 bits per heavy atom. The fourth-order valence-corrected chi connectivity index (χ4v) is 10.4. The molecule has 0 fully saturated rings. The molecular formula is C50H40BBrCl6N4O10S2. The topological polar surface area (TPSA) is 197 Å². The fraction of sp³-hybridized carbons (Fsp3) is 0.120. The van der Waals surface area contributed by atoms with Gasteiger partial charge in [0, 0.05) is 29.4 Å². The van der Waals surface area contributed by atoms with Gasteiger partial charge >= 0.3 is 19.1 Å². The van der Waals surface area contributed by atoms with Crippen LogP contribution in [0.3, 0.4) is 0 Å². The van der Waals surface area contributed by atoms with Gasteiger partial charge < -0.3 is 19.5 Å². The lowest BCUT2D eigenvalue weighted by atomic mass is 9.80. The Labute approximate surface area is 465 Å². The molecular weight excluding hydrogens is 1180 g/mol. The van der Waals surface area contributed by atoms with Gasteiger partial charge in [-0.2, -0.15) is 0 Å². The van der Waals surface area contributed by atoms with Gasteiger partial charge in [-0.3, -0.25) is 9.13 Å². The first kappa shape index (κ1) is 58.1. The van der Waals surface area contributed by atoms with Gasteiger partial charge in [-0.15, -0.1) is 0 Å². The maximum atomic E-state index is 12.4. The van der Waals surface area contributed by atoms with Crippen molar-refractivity contribution in [1.29, 1.82) is 0 Å². The Hall–Kier alpha value is -5.22. The van der Waals surface area contributed by atoms with Crippen LogP contribution in [0.4, 0.5) is 0 Å². The first-order chi connectivity index (χ1) is 34.9. The van der Waals surface area contributed by atoms with Crippen LogP contribution < -0.4 is 5.46 Å². The van der Waals surface area contributed by atoms with Gasteiger partial charge in [0.25, 0.3) is 0 Å². The van der Waals surface area contributed by atoms with Gasteiger partial charge in [-0.25, -0.2) is 36.4 Å². The SMILES string of the molecule is CCOC(=O)c1cn(-c2ccc(-c3cccc(S(C)(=O)=O)c3)cc2Cl)c(-c2c(Cl)cccc2Cl)n1.CCOC(=O)c1cn(-c2ccc(Br)cc2Cl)c(-c2c(Cl)cccc2Cl)n1.CS(=O)(=O)c1cccc(B(O)O)c1. The Morgan fingerprint density at radius 1 is 0.554 bits per heavy atom. The zero-order chi connectivity index (χ0) is 54.2. The lowest BCUT2D eigenvalue weighted by Crippen LogP contribution is -2.30. The van der Waals surface area contributed by atoms with Crippen LogP contribution in [-0.2, 0) is 29.1 Å². The molecule has 0 aliphatic heterocycles. The highest BCUT2D eigenvalue weighted by atomic mass is 79.9. The maximum absolute atomic E-state index is 12.4. The van der Waals surface area contributed by atoms with Crippen molar-refractivity contribution in [3.8, 4) is 45.3 Å². The van der Waals surface area contributed by atoms with E-state index in [1.54, 1.807) is 114 Å². The number of ether oxygens (including phenoxy) is 2. The number of nitrogens with zero attached hydrogens (tertiary/aromatic N) is 4. The minimum Gasteiger partial charge on any atom is -0.461 e. The number of halogens is 7. The number of carbonyl (C=O) groups excluding carboxylic acids is 2. The lowest BCUT2D eigenvalue weighted by Gasteiger charge is -2.13. The predicted octanol–water partition coefficient (Wildman–Crippen LogP) is 12.0. The number of carbonyl (C=O) groups is 2. The van der Waals surface area contributed by atoms with E-state index < -0.39 is 38.7 Å². The smallest absolute Gasteiger partial charge is 0.461 e. The van der Waals surface area contributed by atoms with Gasteiger partial charge in [-0.1, -0.05) is 128 Å². The summed E-state index contributed by atoms with van der Waals surface area (Å²) in [7, 11) is -8.28. The van der Waals surface area contributed by atoms with E-state index >= 15 is 0 Å². The molecule has 8 rings (SSSR count). The second-order valence-corrected chi connectivity index (χ2v) is 22.9. The quantitative estimate of drug-likeness (QED) is 0.0868. The number of imidazole rings is 2. The Bertz CT molecular complexity index is 3600. The molecule has 0 aliphatic carbocycles. The number of aromatic nitrogens is 4. The molecule has 0 radical (unpaired) electrons. The van der Waals surface area contributed by atoms with E-state index in [0.29, 0.717) is 75.4 Å². The van der Waals surface area contributed by atoms with Gasteiger partial charge in [0.15, 0.2) is 31.1 Å². The molecule has 0 unspecified atom stereocenters. The molecule has 24 heteroatoms. The molecule has 0 spiro atoms. The van der Waals surface area contributed by atoms with Crippen molar-refractivity contribution in [2.45, 2.75) is 23.6 Å². The predicted molar refractivity (Wildman–Crippen MR) is 296 cm³/mol. The van der Waals surface area contributed by atoms with Crippen LogP contribution >= 0.6 is 85.5 Å². The summed E-state index contributed by atoms with van der Waals surface area (Å²) in [5.74, 6) is -0.421. The summed E-state index contributed by atoms with van der Waals surface area (Å²) in [4.78, 5) is 33.8. The van der Waals surface area contributed by atoms with E-state index in [-0.39, 0.29) is 39.9 Å². The largest absolute Gasteiger partial charge is 0.488 e. The van der Waals surface area contributed by atoms with Crippen molar-refractivity contribution >= 4 is 130 Å². The zero-order valence-corrected chi connectivity index (χ0v) is 46.9. The number of hydrogen-bond acceptors (Lipinski definition) is 12. The summed E-state index contributed by atoms with van der Waals surface area (Å²) in [5.41, 5.74) is 3.87. The standard InChI is InChI=1S/C25H19Cl3N2O4S.C18H12BrCl3N2O2.C7H9BO4S/c1-3-34-25(31)21-14-30(24(29-21)23-18(26)8-5-9-19(23)27)22-11-10-16(13-20(22)28)15-6-4-7-17(12-15)35(2,32)33;1-2-26-18(25)14-9-24(15-7-6-10(19)8-13(15)22)17(23-14)16-11(20)4-3-5-12(16)21;1-13(11,12)7-4-2-3-6(5-7)8(9)10/h4-14H,3H2,1-2H3;3-9H,2H2,1H3;2-5,9-10H,1H3. The lowest BCUT2D eigenvalue weighted by molar-refractivity contribution is 0.0510. The van der Waals surface area contributed by atoms with Crippen molar-refractivity contribution in [3.63, 3.8) is 0 Å². The molecule has 74 heavy (non-hydrogen) atoms. The third kappa shape index (κ3) is 14.2. The molecule has 0 saturated heterocycles. The molecule has 0 atom stereocenters. The minimum atomic E-state index is -3.36. The van der Waals surface area contributed by atoms with E-state index in [4.69, 9.17) is 89.1 Å². The third-order valence-corrected chi connectivity index (χ3v) is 14.9. The summed E-state index contributed by atoms with van der Waals surface area (Å²) < 4.78 is 60.3. The van der Waals surface area contributed by atoms with Crippen LogP contribution in [0.1, 0.15) is 34.8 Å². The molecule has 8 aromatic rings. The summed E-state index contributed by atoms with van der Waals surface area (Å²) in [6.07, 6.45) is 5.29. The number of esters is 2. The van der Waals surface area contributed by atoms with Crippen molar-refractivity contribution in [3.05, 3.63) is 180 Å². The van der Waals surface area contributed by atoms with Crippen LogP contribution in [0.5, 0.6) is 0 Å². The van der Waals surface area contributed by atoms with E-state index in [9.17, 15) is 26.4 Å². The van der Waals surface area contributed by atoms with Crippen LogP contribution in [-0.4, -0.2) is 90.8 Å². The summed E-state index contributed by atoms with van der Waals surface area (Å²) in [6.45, 7) is 3.87. The van der Waals surface area contributed by atoms with Crippen LogP contribution in [0.25, 0.3) is 45.3 Å². The normalized spacial score (nSPS) is 11.2. The summed E-state index contributed by atoms with van der Waals surface area (Å²) in [5, 5.41) is 19.9. The van der Waals surface area contributed by atoms with Crippen LogP contribution in [0.2, 0.25) is 30.1 Å². The molecule has 0 amide bonds. The average molecular weight is 1220 g/mol. The average Bonchev–Trinajstić information content (AvgIpc) is 3.97. The van der Waals surface area contributed by atoms with Gasteiger partial charge in [-0.05, 0) is 109 Å². The second-order valence-electron chi connectivity index (χ2n) is 15.6. The molecule has 0 saturated carbocycles. The molecule has 2 heterocycles. The molecule has 0 bridgehead atoms. The van der Waals surface area contributed by atoms with Crippen molar-refractivity contribution in [1.82, 2.24) is 19.1 Å². The number of rotatable bonds is 12. The minimum absolute atomic E-state index is 0.0684. The third-order valence-electron chi connectivity index (χ3n) is 10.3. The Kier molecular flexibility index (Phi) is 19.7. The van der Waals surface area contributed by atoms with Crippen LogP contribution in [0.15, 0.2) is 148 Å². The van der Waals surface area contributed by atoms with Gasteiger partial charge in [0.2, 0.25) is 0 Å². The molecule has 2 aromatic heterocycles. The fourth-order valence-electron chi connectivity index (χ4n) is 6.88. The number of sulfone groups is 2. The molecule has 2 N–H and O–H groups in total. The highest BCUT2D eigenvalue weighted by Gasteiger charge is 2.25. The molecule has 0 aliphatic rings. The summed E-state index contributed by atoms with van der Waals surface area (Å²) >= 11 is 42.0. The summed E-state index contributed by atoms with van der Waals surface area (Å²) in [6, 6.07) is 33.0. The highest BCUT2D eigenvalue weighted by Crippen LogP contribution is 2.39. The van der Waals surface area contributed by atoms with Crippen molar-refractivity contribution < 1.29 is 45.9 Å². The Morgan fingerprint density at radius 2 is 0.959 bits per heavy atom. The highest BCUT2D eigenvalue weighted by molar-refractivity contribution is 9.10. The zero-order valence-electron chi connectivity index (χ0n) is 39.1. The first-order valence-electron chi connectivity index (χ1n) is 21.6. The van der Waals surface area contributed by atoms with E-state index in [1.165, 1.54) is 36.5 Å². The van der Waals surface area contributed by atoms with Crippen LogP contribution in [0, 0.1) is 0 Å². The molecule has 6 aromatic carbocycles. The van der Waals surface area contributed by atoms with Gasteiger partial charge in [0.1, 0.15) is 11.6 Å². The number of benzene rings is 6. The van der Waals surface area contributed by atoms with E-state index in [0.717, 1.165) is 17.0 Å². The van der Waals surface area contributed by atoms with E-state index in [1.807, 2.05) is 6.07 Å². The van der Waals surface area contributed by atoms with E-state index in [2.05, 4.69) is 25.9 Å².